The Labute approximate surface area is 182 Å². The first-order chi connectivity index (χ1) is 14.2. The molecular formula is C23H19IN4O. The third-order valence-electron chi connectivity index (χ3n) is 4.89. The number of benzene rings is 1. The van der Waals surface area contributed by atoms with Gasteiger partial charge in [0.2, 0.25) is 0 Å². The molecule has 4 aromatic rings. The summed E-state index contributed by atoms with van der Waals surface area (Å²) < 4.78 is 8.03. The maximum Gasteiger partial charge on any atom is 0.0974 e. The van der Waals surface area contributed by atoms with Crippen molar-refractivity contribution in [1.29, 1.82) is 5.26 Å². The summed E-state index contributed by atoms with van der Waals surface area (Å²) in [5.41, 5.74) is 7.32. The van der Waals surface area contributed by atoms with Crippen molar-refractivity contribution in [3.8, 4) is 17.5 Å². The second-order valence-electron chi connectivity index (χ2n) is 6.81. The van der Waals surface area contributed by atoms with Crippen LogP contribution in [0.25, 0.3) is 34.4 Å². The van der Waals surface area contributed by atoms with Gasteiger partial charge in [-0.2, -0.15) is 5.26 Å². The van der Waals surface area contributed by atoms with Crippen LogP contribution >= 0.6 is 22.6 Å². The number of pyridine rings is 1. The number of imidazole rings is 1. The predicted molar refractivity (Wildman–Crippen MR) is 123 cm³/mol. The molecule has 0 aliphatic carbocycles. The molecule has 3 heterocycles. The number of aryl methyl sites for hydroxylation is 2. The van der Waals surface area contributed by atoms with Crippen LogP contribution in [0.2, 0.25) is 0 Å². The van der Waals surface area contributed by atoms with Gasteiger partial charge in [0, 0.05) is 28.8 Å². The first-order valence-corrected chi connectivity index (χ1v) is 10.8. The van der Waals surface area contributed by atoms with Gasteiger partial charge in [-0.05, 0) is 47.4 Å². The van der Waals surface area contributed by atoms with Crippen LogP contribution in [0.1, 0.15) is 28.7 Å². The Morgan fingerprint density at radius 2 is 2.14 bits per heavy atom. The fourth-order valence-electron chi connectivity index (χ4n) is 3.36. The van der Waals surface area contributed by atoms with Gasteiger partial charge in [-0.3, -0.25) is 0 Å². The summed E-state index contributed by atoms with van der Waals surface area (Å²) in [5.74, 6) is 0. The van der Waals surface area contributed by atoms with Crippen molar-refractivity contribution in [2.45, 2.75) is 17.3 Å². The second kappa shape index (κ2) is 8.62. The lowest BCUT2D eigenvalue weighted by Crippen LogP contribution is -1.98. The van der Waals surface area contributed by atoms with Crippen molar-refractivity contribution >= 4 is 45.6 Å². The number of halogens is 1. The van der Waals surface area contributed by atoms with E-state index in [1.165, 1.54) is 11.1 Å². The Morgan fingerprint density at radius 1 is 1.24 bits per heavy atom. The van der Waals surface area contributed by atoms with Crippen molar-refractivity contribution in [3.05, 3.63) is 71.6 Å². The molecule has 1 aromatic carbocycles. The fraction of sp³-hybridized carbons (Fsp3) is 0.174. The minimum atomic E-state index is 0.510. The average molecular weight is 494 g/mol. The number of fused-ring (bicyclic) bond motifs is 1. The number of hydrogen-bond acceptors (Lipinski definition) is 4. The zero-order chi connectivity index (χ0) is 20.2. The van der Waals surface area contributed by atoms with Crippen molar-refractivity contribution < 1.29 is 4.42 Å². The number of aromatic nitrogens is 3. The first-order valence-electron chi connectivity index (χ1n) is 9.26. The van der Waals surface area contributed by atoms with Gasteiger partial charge in [0.05, 0.1) is 48.0 Å². The molecule has 29 heavy (non-hydrogen) atoms. The van der Waals surface area contributed by atoms with E-state index in [-0.39, 0.29) is 0 Å². The van der Waals surface area contributed by atoms with E-state index in [4.69, 9.17) is 14.7 Å². The summed E-state index contributed by atoms with van der Waals surface area (Å²) in [6.45, 7) is 0. The number of nitrogens with zero attached hydrogens (tertiary/aromatic N) is 4. The van der Waals surface area contributed by atoms with Gasteiger partial charge < -0.3 is 8.98 Å². The molecule has 0 aliphatic rings. The molecule has 0 N–H and O–H groups in total. The standard InChI is InChI=1S/C23H19IN4O/c1-28-15-26-13-23(28)22-10-18(5-4-16-6-8-29-14-16)20-9-17(3-2-7-25)19(12-24)11-21(20)27-22/h4-6,8-11,13-15H,2-3,12H2,1H3/b5-4+. The molecular weight excluding hydrogens is 475 g/mol. The van der Waals surface area contributed by atoms with Gasteiger partial charge in [-0.15, -0.1) is 0 Å². The Bertz CT molecular complexity index is 1220. The molecule has 144 valence electrons. The van der Waals surface area contributed by atoms with Crippen LogP contribution in [0, 0.1) is 11.3 Å². The van der Waals surface area contributed by atoms with E-state index in [1.807, 2.05) is 30.0 Å². The molecule has 0 radical (unpaired) electrons. The van der Waals surface area contributed by atoms with Crippen LogP contribution in [0.3, 0.4) is 0 Å². The van der Waals surface area contributed by atoms with Crippen LogP contribution in [-0.4, -0.2) is 14.5 Å². The SMILES string of the molecule is Cn1cncc1-c1cc(/C=C/c2ccoc2)c2cc(CCC#N)c(CI)cc2n1. The lowest BCUT2D eigenvalue weighted by molar-refractivity contribution is 0.567. The highest BCUT2D eigenvalue weighted by atomic mass is 127. The van der Waals surface area contributed by atoms with E-state index in [1.54, 1.807) is 18.9 Å². The maximum absolute atomic E-state index is 9.02. The van der Waals surface area contributed by atoms with Crippen molar-refractivity contribution in [2.75, 3.05) is 0 Å². The third-order valence-corrected chi connectivity index (χ3v) is 5.71. The van der Waals surface area contributed by atoms with Gasteiger partial charge in [0.15, 0.2) is 0 Å². The minimum Gasteiger partial charge on any atom is -0.472 e. The van der Waals surface area contributed by atoms with Crippen LogP contribution < -0.4 is 0 Å². The number of furan rings is 1. The van der Waals surface area contributed by atoms with Gasteiger partial charge in [0.25, 0.3) is 0 Å². The van der Waals surface area contributed by atoms with Crippen molar-refractivity contribution in [2.24, 2.45) is 7.05 Å². The number of rotatable bonds is 6. The minimum absolute atomic E-state index is 0.510. The fourth-order valence-corrected chi connectivity index (χ4v) is 4.07. The molecule has 0 fully saturated rings. The Morgan fingerprint density at radius 3 is 2.83 bits per heavy atom. The summed E-state index contributed by atoms with van der Waals surface area (Å²) in [6, 6.07) is 10.6. The molecule has 0 aliphatic heterocycles. The van der Waals surface area contributed by atoms with E-state index in [2.05, 4.69) is 57.9 Å². The highest BCUT2D eigenvalue weighted by Gasteiger charge is 2.12. The smallest absolute Gasteiger partial charge is 0.0974 e. The predicted octanol–water partition coefficient (Wildman–Crippen LogP) is 5.79. The van der Waals surface area contributed by atoms with Crippen LogP contribution in [0.15, 0.2) is 53.7 Å². The number of hydrogen-bond donors (Lipinski definition) is 0. The Kier molecular flexibility index (Phi) is 5.76. The van der Waals surface area contributed by atoms with E-state index in [0.29, 0.717) is 6.42 Å². The molecule has 0 unspecified atom stereocenters. The molecule has 0 bridgehead atoms. The number of alkyl halides is 1. The van der Waals surface area contributed by atoms with Gasteiger partial charge in [-0.1, -0.05) is 34.7 Å². The highest BCUT2D eigenvalue weighted by molar-refractivity contribution is 14.1. The van der Waals surface area contributed by atoms with E-state index in [0.717, 1.165) is 44.3 Å². The Hall–Kier alpha value is -2.92. The van der Waals surface area contributed by atoms with Gasteiger partial charge in [0.1, 0.15) is 0 Å². The van der Waals surface area contributed by atoms with Crippen molar-refractivity contribution in [3.63, 3.8) is 0 Å². The molecule has 5 nitrogen and oxygen atoms in total. The zero-order valence-corrected chi connectivity index (χ0v) is 18.1. The quantitative estimate of drug-likeness (QED) is 0.251. The summed E-state index contributed by atoms with van der Waals surface area (Å²) in [4.78, 5) is 9.17. The van der Waals surface area contributed by atoms with Crippen LogP contribution in [0.5, 0.6) is 0 Å². The maximum atomic E-state index is 9.02. The molecule has 0 saturated carbocycles. The van der Waals surface area contributed by atoms with Gasteiger partial charge in [-0.25, -0.2) is 9.97 Å². The summed E-state index contributed by atoms with van der Waals surface area (Å²) in [5, 5.41) is 10.1. The topological polar surface area (TPSA) is 67.6 Å². The lowest BCUT2D eigenvalue weighted by atomic mass is 9.97. The second-order valence-corrected chi connectivity index (χ2v) is 7.57. The molecule has 0 saturated heterocycles. The van der Waals surface area contributed by atoms with Crippen LogP contribution in [-0.2, 0) is 17.9 Å². The summed E-state index contributed by atoms with van der Waals surface area (Å²) >= 11 is 2.37. The monoisotopic (exact) mass is 494 g/mol. The summed E-state index contributed by atoms with van der Waals surface area (Å²) in [7, 11) is 1.97. The van der Waals surface area contributed by atoms with E-state index >= 15 is 0 Å². The third kappa shape index (κ3) is 4.10. The lowest BCUT2D eigenvalue weighted by Gasteiger charge is -2.12. The molecule has 3 aromatic heterocycles. The Balaban J connectivity index is 1.92. The largest absolute Gasteiger partial charge is 0.472 e. The molecule has 0 spiro atoms. The number of nitriles is 1. The first kappa shape index (κ1) is 19.4. The van der Waals surface area contributed by atoms with Crippen LogP contribution in [0.4, 0.5) is 0 Å². The van der Waals surface area contributed by atoms with E-state index in [9.17, 15) is 0 Å². The van der Waals surface area contributed by atoms with Crippen molar-refractivity contribution in [1.82, 2.24) is 14.5 Å². The van der Waals surface area contributed by atoms with E-state index < -0.39 is 0 Å². The van der Waals surface area contributed by atoms with Gasteiger partial charge >= 0.3 is 0 Å². The average Bonchev–Trinajstić information content (AvgIpc) is 3.41. The normalized spacial score (nSPS) is 11.3. The summed E-state index contributed by atoms with van der Waals surface area (Å²) in [6.07, 6.45) is 12.4. The highest BCUT2D eigenvalue weighted by Crippen LogP contribution is 2.30. The molecule has 0 amide bonds. The molecule has 4 rings (SSSR count). The zero-order valence-electron chi connectivity index (χ0n) is 16.0. The molecule has 6 heteroatoms. The molecule has 0 atom stereocenters.